The lowest BCUT2D eigenvalue weighted by Crippen LogP contribution is -2.47. The molecule has 0 fully saturated rings. The summed E-state index contributed by atoms with van der Waals surface area (Å²) in [6, 6.07) is -0.930. The molecular formula is C71H121N2O7P. The van der Waals surface area contributed by atoms with Crippen LogP contribution in [0.3, 0.4) is 0 Å². The van der Waals surface area contributed by atoms with Crippen molar-refractivity contribution in [2.75, 3.05) is 40.9 Å². The van der Waals surface area contributed by atoms with Crippen molar-refractivity contribution in [3.63, 3.8) is 0 Å². The van der Waals surface area contributed by atoms with Gasteiger partial charge in [-0.15, -0.1) is 0 Å². The first-order valence-electron chi connectivity index (χ1n) is 32.5. The molecule has 9 nitrogen and oxygen atoms in total. The minimum atomic E-state index is -4.72. The minimum Gasteiger partial charge on any atom is -0.756 e. The van der Waals surface area contributed by atoms with Gasteiger partial charge in [0, 0.05) is 12.8 Å². The van der Waals surface area contributed by atoms with Gasteiger partial charge in [0.2, 0.25) is 5.91 Å². The van der Waals surface area contributed by atoms with Crippen LogP contribution in [0.2, 0.25) is 0 Å². The molecule has 0 saturated carbocycles. The van der Waals surface area contributed by atoms with Crippen LogP contribution in [0.15, 0.2) is 134 Å². The molecule has 0 bridgehead atoms. The van der Waals surface area contributed by atoms with Crippen molar-refractivity contribution in [3.05, 3.63) is 134 Å². The van der Waals surface area contributed by atoms with Gasteiger partial charge in [-0.25, -0.2) is 0 Å². The van der Waals surface area contributed by atoms with Gasteiger partial charge >= 0.3 is 5.97 Å². The van der Waals surface area contributed by atoms with Crippen molar-refractivity contribution >= 4 is 19.7 Å². The number of hydrogen-bond donors (Lipinski definition) is 1. The van der Waals surface area contributed by atoms with Gasteiger partial charge in [0.15, 0.2) is 0 Å². The number of carbonyl (C=O) groups is 2. The molecule has 0 aromatic rings. The first-order valence-corrected chi connectivity index (χ1v) is 34.0. The fourth-order valence-electron chi connectivity index (χ4n) is 8.58. The Kier molecular flexibility index (Phi) is 56.5. The molecule has 0 aromatic carbocycles. The van der Waals surface area contributed by atoms with Crippen LogP contribution < -0.4 is 10.2 Å². The molecule has 0 rings (SSSR count). The average Bonchev–Trinajstić information content (AvgIpc) is 3.44. The monoisotopic (exact) mass is 1140 g/mol. The number of rotatable bonds is 57. The van der Waals surface area contributed by atoms with Crippen molar-refractivity contribution in [2.24, 2.45) is 0 Å². The van der Waals surface area contributed by atoms with Crippen LogP contribution in [0, 0.1) is 0 Å². The molecule has 0 aliphatic rings. The fourth-order valence-corrected chi connectivity index (χ4v) is 9.30. The number of amides is 1. The summed E-state index contributed by atoms with van der Waals surface area (Å²) >= 11 is 0. The molecule has 0 spiro atoms. The summed E-state index contributed by atoms with van der Waals surface area (Å²) in [4.78, 5) is 40.0. The molecule has 0 saturated heterocycles. The maximum atomic E-state index is 13.5. The highest BCUT2D eigenvalue weighted by Gasteiger charge is 2.27. The molecule has 0 aliphatic carbocycles. The number of likely N-dealkylation sites (N-methyl/N-ethyl adjacent to an activating group) is 1. The van der Waals surface area contributed by atoms with Crippen molar-refractivity contribution in [1.82, 2.24) is 5.32 Å². The number of esters is 1. The Bertz CT molecular complexity index is 1850. The predicted molar refractivity (Wildman–Crippen MR) is 348 cm³/mol. The van der Waals surface area contributed by atoms with E-state index in [4.69, 9.17) is 13.8 Å². The van der Waals surface area contributed by atoms with E-state index in [1.165, 1.54) is 96.3 Å². The molecule has 1 N–H and O–H groups in total. The molecule has 0 aromatic heterocycles. The summed E-state index contributed by atoms with van der Waals surface area (Å²) in [5.74, 6) is -0.625. The van der Waals surface area contributed by atoms with E-state index < -0.39 is 26.6 Å². The van der Waals surface area contributed by atoms with Crippen LogP contribution in [0.4, 0.5) is 0 Å². The Hall–Kier alpha value is -3.85. The molecule has 3 atom stereocenters. The standard InChI is InChI=1S/C71H121N2O7P/c1-7-10-13-16-19-22-25-27-29-31-32-33-34-35-36-37-38-39-40-42-44-46-49-52-55-58-61-64-71(75)80-69(62-59-56-53-50-47-24-21-18-15-12-9-3)68(67-79-81(76,77)78-66-65-73(4,5)6)72-70(74)63-60-57-54-51-48-45-43-41-30-28-26-23-20-17-14-11-8-2/h10,13,19-20,22-23,27-30,32-33,35-36,38-39,43,45,51,54,59,62,68-69H,7-9,11-12,14-18,21,24-26,31,34,37,40-42,44,46-50,52-53,55-58,60-61,63-67H2,1-6H3,(H-,72,74,76,77)/b13-10-,22-19-,23-20-,29-27-,30-28-,33-32-,36-35-,39-38-,45-43-,54-51-,62-59-. The number of ether oxygens (including phenoxy) is 1. The van der Waals surface area contributed by atoms with Crippen LogP contribution in [0.25, 0.3) is 0 Å². The lowest BCUT2D eigenvalue weighted by molar-refractivity contribution is -0.870. The largest absolute Gasteiger partial charge is 0.756 e. The van der Waals surface area contributed by atoms with Crippen LogP contribution in [0.5, 0.6) is 0 Å². The van der Waals surface area contributed by atoms with Crippen LogP contribution in [-0.4, -0.2) is 69.4 Å². The van der Waals surface area contributed by atoms with E-state index in [1.807, 2.05) is 33.3 Å². The highest BCUT2D eigenvalue weighted by atomic mass is 31.2. The summed E-state index contributed by atoms with van der Waals surface area (Å²) in [5.41, 5.74) is 0. The van der Waals surface area contributed by atoms with E-state index in [9.17, 15) is 19.0 Å². The number of unbranched alkanes of at least 4 members (excludes halogenated alkanes) is 21. The Morgan fingerprint density at radius 3 is 1.23 bits per heavy atom. The maximum absolute atomic E-state index is 13.5. The van der Waals surface area contributed by atoms with Crippen molar-refractivity contribution in [3.8, 4) is 0 Å². The van der Waals surface area contributed by atoms with E-state index in [1.54, 1.807) is 0 Å². The number of phosphoric acid groups is 1. The number of carbonyl (C=O) groups excluding carboxylic acids is 2. The molecule has 0 heterocycles. The average molecular weight is 1150 g/mol. The van der Waals surface area contributed by atoms with Gasteiger partial charge in [-0.1, -0.05) is 251 Å². The van der Waals surface area contributed by atoms with Crippen molar-refractivity contribution in [2.45, 2.75) is 264 Å². The highest BCUT2D eigenvalue weighted by molar-refractivity contribution is 7.45. The first-order chi connectivity index (χ1) is 39.4. The first kappa shape index (κ1) is 77.2. The van der Waals surface area contributed by atoms with E-state index in [0.29, 0.717) is 23.9 Å². The van der Waals surface area contributed by atoms with E-state index in [2.05, 4.69) is 148 Å². The van der Waals surface area contributed by atoms with E-state index in [-0.39, 0.29) is 31.3 Å². The Labute approximate surface area is 498 Å². The number of hydrogen-bond acceptors (Lipinski definition) is 7. The lowest BCUT2D eigenvalue weighted by atomic mass is 10.1. The summed E-state index contributed by atoms with van der Waals surface area (Å²) < 4.78 is 30.3. The second kappa shape index (κ2) is 59.3. The van der Waals surface area contributed by atoms with Crippen LogP contribution in [-0.2, 0) is 27.9 Å². The fraction of sp³-hybridized carbons (Fsp3) is 0.662. The van der Waals surface area contributed by atoms with Crippen LogP contribution in [0.1, 0.15) is 252 Å². The normalized spacial score (nSPS) is 14.5. The van der Waals surface area contributed by atoms with Gasteiger partial charge in [-0.3, -0.25) is 14.2 Å². The summed E-state index contributed by atoms with van der Waals surface area (Å²) in [6.07, 6.45) is 84.3. The zero-order chi connectivity index (χ0) is 59.3. The summed E-state index contributed by atoms with van der Waals surface area (Å²) in [6.45, 7) is 6.63. The second-order valence-corrected chi connectivity index (χ2v) is 23.9. The van der Waals surface area contributed by atoms with Gasteiger partial charge in [0.25, 0.3) is 7.82 Å². The zero-order valence-electron chi connectivity index (χ0n) is 52.7. The number of nitrogens with one attached hydrogen (secondary N) is 1. The third-order valence-corrected chi connectivity index (χ3v) is 14.5. The predicted octanol–water partition coefficient (Wildman–Crippen LogP) is 19.8. The SMILES string of the molecule is CC/C=C\C/C=C\C/C=C\C/C=C\C/C=C\C/C=C\CCCCCCCCCCC(=O)OC(/C=C\CCCCCCCCCCC)C(COP(=O)([O-])OCC[N+](C)(C)C)NC(=O)CCC/C=C\C/C=C\C/C=C\C/C=C\CCCCC. The molecule has 81 heavy (non-hydrogen) atoms. The molecule has 462 valence electrons. The third kappa shape index (κ3) is 60.6. The Balaban J connectivity index is 5.20. The van der Waals surface area contributed by atoms with E-state index in [0.717, 1.165) is 109 Å². The Morgan fingerprint density at radius 2 is 0.802 bits per heavy atom. The second-order valence-electron chi connectivity index (χ2n) is 22.5. The quantitative estimate of drug-likeness (QED) is 0.0212. The lowest BCUT2D eigenvalue weighted by Gasteiger charge is -2.30. The molecule has 3 unspecified atom stereocenters. The minimum absolute atomic E-state index is 0.0408. The molecule has 0 aliphatic heterocycles. The highest BCUT2D eigenvalue weighted by Crippen LogP contribution is 2.38. The molecule has 1 amide bonds. The van der Waals surface area contributed by atoms with Crippen LogP contribution >= 0.6 is 7.82 Å². The number of quaternary nitrogens is 1. The number of phosphoric ester groups is 1. The maximum Gasteiger partial charge on any atom is 0.306 e. The molecule has 0 radical (unpaired) electrons. The molecular weight excluding hydrogens is 1020 g/mol. The van der Waals surface area contributed by atoms with Gasteiger partial charge in [-0.2, -0.15) is 0 Å². The van der Waals surface area contributed by atoms with Gasteiger partial charge in [0.05, 0.1) is 33.8 Å². The number of allylic oxidation sites excluding steroid dienone is 21. The van der Waals surface area contributed by atoms with Crippen molar-refractivity contribution < 1.29 is 37.3 Å². The van der Waals surface area contributed by atoms with Gasteiger partial charge < -0.3 is 28.5 Å². The van der Waals surface area contributed by atoms with E-state index >= 15 is 0 Å². The van der Waals surface area contributed by atoms with Crippen molar-refractivity contribution in [1.29, 1.82) is 0 Å². The van der Waals surface area contributed by atoms with Gasteiger partial charge in [0.1, 0.15) is 19.3 Å². The zero-order valence-corrected chi connectivity index (χ0v) is 53.6. The summed E-state index contributed by atoms with van der Waals surface area (Å²) in [7, 11) is 1.13. The molecule has 10 heteroatoms. The Morgan fingerprint density at radius 1 is 0.444 bits per heavy atom. The smallest absolute Gasteiger partial charge is 0.306 e. The van der Waals surface area contributed by atoms with Gasteiger partial charge in [-0.05, 0) is 122 Å². The topological polar surface area (TPSA) is 114 Å². The third-order valence-electron chi connectivity index (χ3n) is 13.6. The summed E-state index contributed by atoms with van der Waals surface area (Å²) in [5, 5.41) is 2.99. The number of nitrogens with zero attached hydrogens (tertiary/aromatic N) is 1.